The number of hydrogen-bond donors (Lipinski definition) is 0. The molecule has 0 amide bonds. The van der Waals surface area contributed by atoms with Crippen LogP contribution in [0.5, 0.6) is 0 Å². The first-order valence-corrected chi connectivity index (χ1v) is 5.29. The van der Waals surface area contributed by atoms with Crippen LogP contribution in [0, 0.1) is 0 Å². The Morgan fingerprint density at radius 1 is 1.55 bits per heavy atom. The number of alkyl halides is 1. The maximum atomic E-state index is 10.7. The quantitative estimate of drug-likeness (QED) is 0.369. The second-order valence-corrected chi connectivity index (χ2v) is 3.46. The predicted octanol–water partition coefficient (Wildman–Crippen LogP) is 1.91. The fourth-order valence-electron chi connectivity index (χ4n) is 0.545. The maximum Gasteiger partial charge on any atom is 0.306 e. The van der Waals surface area contributed by atoms with Crippen molar-refractivity contribution in [3.05, 3.63) is 0 Å². The molecule has 0 rings (SSSR count). The molecule has 11 heavy (non-hydrogen) atoms. The minimum absolute atomic E-state index is 0.116. The van der Waals surface area contributed by atoms with Crippen LogP contribution in [0.25, 0.3) is 0 Å². The van der Waals surface area contributed by atoms with E-state index in [1.54, 1.807) is 11.8 Å². The summed E-state index contributed by atoms with van der Waals surface area (Å²) in [5.41, 5.74) is 0. The summed E-state index contributed by atoms with van der Waals surface area (Å²) >= 11 is 7.12. The first kappa shape index (κ1) is 11.1. The summed E-state index contributed by atoms with van der Waals surface area (Å²) in [5.74, 6) is 2.24. The van der Waals surface area contributed by atoms with Crippen LogP contribution in [-0.2, 0) is 9.53 Å². The van der Waals surface area contributed by atoms with E-state index in [0.717, 1.165) is 11.5 Å². The molecule has 2 nitrogen and oxygen atoms in total. The van der Waals surface area contributed by atoms with Crippen LogP contribution in [0.1, 0.15) is 13.3 Å². The summed E-state index contributed by atoms with van der Waals surface area (Å²) in [7, 11) is 0. The molecule has 0 saturated heterocycles. The number of rotatable bonds is 6. The number of carbonyl (C=O) groups excluding carboxylic acids is 1. The third-order valence-corrected chi connectivity index (χ3v) is 2.38. The molecule has 0 unspecified atom stereocenters. The number of halogens is 1. The number of esters is 1. The van der Waals surface area contributed by atoms with Gasteiger partial charge in [-0.15, -0.1) is 11.6 Å². The zero-order valence-corrected chi connectivity index (χ0v) is 8.21. The normalized spacial score (nSPS) is 9.64. The molecule has 0 bridgehead atoms. The first-order valence-electron chi connectivity index (χ1n) is 3.60. The molecule has 66 valence electrons. The fraction of sp³-hybridized carbons (Fsp3) is 0.857. The molecule has 4 heteroatoms. The molecule has 0 aromatic rings. The van der Waals surface area contributed by atoms with Gasteiger partial charge in [0.25, 0.3) is 0 Å². The van der Waals surface area contributed by atoms with Gasteiger partial charge in [0, 0.05) is 17.4 Å². The predicted molar refractivity (Wildman–Crippen MR) is 49.3 cm³/mol. The maximum absolute atomic E-state index is 10.7. The molecule has 0 radical (unpaired) electrons. The number of ether oxygens (including phenoxy) is 1. The van der Waals surface area contributed by atoms with E-state index in [4.69, 9.17) is 16.3 Å². The van der Waals surface area contributed by atoms with Gasteiger partial charge in [0.05, 0.1) is 13.0 Å². The minimum Gasteiger partial charge on any atom is -0.466 e. The second-order valence-electron chi connectivity index (χ2n) is 1.86. The topological polar surface area (TPSA) is 26.3 Å². The van der Waals surface area contributed by atoms with Crippen LogP contribution in [-0.4, -0.2) is 30.0 Å². The number of carbonyl (C=O) groups is 1. The lowest BCUT2D eigenvalue weighted by Gasteiger charge is -1.99. The van der Waals surface area contributed by atoms with Gasteiger partial charge < -0.3 is 4.74 Å². The molecule has 0 saturated carbocycles. The van der Waals surface area contributed by atoms with Gasteiger partial charge in [-0.2, -0.15) is 11.8 Å². The molecule has 0 aliphatic heterocycles. The van der Waals surface area contributed by atoms with Gasteiger partial charge >= 0.3 is 5.97 Å². The standard InChI is InChI=1S/C7H13ClO2S/c1-2-10-7(9)3-5-11-6-4-8/h2-6H2,1H3. The Morgan fingerprint density at radius 2 is 2.27 bits per heavy atom. The zero-order valence-electron chi connectivity index (χ0n) is 6.64. The zero-order chi connectivity index (χ0) is 8.53. The van der Waals surface area contributed by atoms with Crippen molar-refractivity contribution in [1.29, 1.82) is 0 Å². The van der Waals surface area contributed by atoms with E-state index in [1.807, 2.05) is 6.92 Å². The van der Waals surface area contributed by atoms with Crippen molar-refractivity contribution >= 4 is 29.3 Å². The highest BCUT2D eigenvalue weighted by atomic mass is 35.5. The third-order valence-electron chi connectivity index (χ3n) is 0.977. The lowest BCUT2D eigenvalue weighted by molar-refractivity contribution is -0.142. The Morgan fingerprint density at radius 3 is 2.82 bits per heavy atom. The minimum atomic E-state index is -0.116. The third kappa shape index (κ3) is 8.01. The van der Waals surface area contributed by atoms with E-state index in [9.17, 15) is 4.79 Å². The van der Waals surface area contributed by atoms with E-state index in [-0.39, 0.29) is 5.97 Å². The van der Waals surface area contributed by atoms with E-state index >= 15 is 0 Å². The summed E-state index contributed by atoms with van der Waals surface area (Å²) in [6.45, 7) is 2.28. The van der Waals surface area contributed by atoms with E-state index < -0.39 is 0 Å². The Bertz CT molecular complexity index is 109. The summed E-state index contributed by atoms with van der Waals surface area (Å²) < 4.78 is 4.74. The summed E-state index contributed by atoms with van der Waals surface area (Å²) in [4.78, 5) is 10.7. The van der Waals surface area contributed by atoms with Crippen molar-refractivity contribution in [3.63, 3.8) is 0 Å². The molecule has 0 aromatic carbocycles. The van der Waals surface area contributed by atoms with Gasteiger partial charge in [0.1, 0.15) is 0 Å². The molecule has 0 aliphatic rings. The van der Waals surface area contributed by atoms with Crippen molar-refractivity contribution in [3.8, 4) is 0 Å². The number of thioether (sulfide) groups is 1. The molecule has 0 aliphatic carbocycles. The monoisotopic (exact) mass is 196 g/mol. The SMILES string of the molecule is CCOC(=O)CCSCCCl. The smallest absolute Gasteiger partial charge is 0.306 e. The molecular weight excluding hydrogens is 184 g/mol. The largest absolute Gasteiger partial charge is 0.466 e. The Hall–Kier alpha value is 0.110. The molecule has 0 atom stereocenters. The lowest BCUT2D eigenvalue weighted by Crippen LogP contribution is -2.04. The van der Waals surface area contributed by atoms with Crippen molar-refractivity contribution < 1.29 is 9.53 Å². The van der Waals surface area contributed by atoms with E-state index in [1.165, 1.54) is 0 Å². The van der Waals surface area contributed by atoms with Crippen molar-refractivity contribution in [1.82, 2.24) is 0 Å². The van der Waals surface area contributed by atoms with E-state index in [0.29, 0.717) is 18.9 Å². The average molecular weight is 197 g/mol. The Labute approximate surface area is 76.6 Å². The summed E-state index contributed by atoms with van der Waals surface area (Å²) in [6, 6.07) is 0. The fourth-order valence-corrected chi connectivity index (χ4v) is 1.50. The highest BCUT2D eigenvalue weighted by molar-refractivity contribution is 7.99. The van der Waals surface area contributed by atoms with Crippen molar-refractivity contribution in [2.75, 3.05) is 24.0 Å². The van der Waals surface area contributed by atoms with Crippen LogP contribution in [0.4, 0.5) is 0 Å². The number of hydrogen-bond acceptors (Lipinski definition) is 3. The summed E-state index contributed by atoms with van der Waals surface area (Å²) in [6.07, 6.45) is 0.495. The molecule has 0 aromatic heterocycles. The van der Waals surface area contributed by atoms with Gasteiger partial charge in [-0.25, -0.2) is 0 Å². The molecular formula is C7H13ClO2S. The van der Waals surface area contributed by atoms with Gasteiger partial charge in [-0.05, 0) is 6.92 Å². The molecule has 0 N–H and O–H groups in total. The first-order chi connectivity index (χ1) is 5.31. The highest BCUT2D eigenvalue weighted by Crippen LogP contribution is 2.03. The van der Waals surface area contributed by atoms with Gasteiger partial charge in [0.15, 0.2) is 0 Å². The molecule has 0 spiro atoms. The molecule has 0 heterocycles. The Balaban J connectivity index is 3.04. The van der Waals surface area contributed by atoms with Crippen molar-refractivity contribution in [2.45, 2.75) is 13.3 Å². The molecule has 0 fully saturated rings. The second kappa shape index (κ2) is 8.21. The average Bonchev–Trinajstić information content (AvgIpc) is 1.99. The van der Waals surface area contributed by atoms with Gasteiger partial charge in [-0.3, -0.25) is 4.79 Å². The van der Waals surface area contributed by atoms with Crippen LogP contribution in [0.3, 0.4) is 0 Å². The van der Waals surface area contributed by atoms with Crippen LogP contribution < -0.4 is 0 Å². The van der Waals surface area contributed by atoms with Gasteiger partial charge in [-0.1, -0.05) is 0 Å². The highest BCUT2D eigenvalue weighted by Gasteiger charge is 1.99. The van der Waals surface area contributed by atoms with Crippen molar-refractivity contribution in [2.24, 2.45) is 0 Å². The van der Waals surface area contributed by atoms with Crippen LogP contribution >= 0.6 is 23.4 Å². The van der Waals surface area contributed by atoms with Gasteiger partial charge in [0.2, 0.25) is 0 Å². The lowest BCUT2D eigenvalue weighted by atomic mass is 10.5. The van der Waals surface area contributed by atoms with E-state index in [2.05, 4.69) is 0 Å². The van der Waals surface area contributed by atoms with Crippen LogP contribution in [0.15, 0.2) is 0 Å². The summed E-state index contributed by atoms with van der Waals surface area (Å²) in [5, 5.41) is 0. The Kier molecular flexibility index (Phi) is 8.29. The van der Waals surface area contributed by atoms with Crippen LogP contribution in [0.2, 0.25) is 0 Å².